The third-order valence-corrected chi connectivity index (χ3v) is 4.22. The van der Waals surface area contributed by atoms with Crippen LogP contribution in [0.15, 0.2) is 47.5 Å². The van der Waals surface area contributed by atoms with Gasteiger partial charge in [-0.25, -0.2) is 0 Å². The maximum Gasteiger partial charge on any atom is 0.322 e. The molecule has 0 aliphatic heterocycles. The van der Waals surface area contributed by atoms with Gasteiger partial charge >= 0.3 is 16.0 Å². The molecule has 0 spiro atoms. The van der Waals surface area contributed by atoms with E-state index in [2.05, 4.69) is 14.9 Å². The van der Waals surface area contributed by atoms with Crippen LogP contribution in [0.1, 0.15) is 0 Å². The Morgan fingerprint density at radius 3 is 2.22 bits per heavy atom. The normalized spacial score (nSPS) is 15.0. The van der Waals surface area contributed by atoms with Gasteiger partial charge in [-0.3, -0.25) is 4.98 Å². The molecule has 4 nitrogen and oxygen atoms in total. The van der Waals surface area contributed by atoms with Crippen molar-refractivity contribution in [3.05, 3.63) is 54.0 Å². The highest BCUT2D eigenvalue weighted by atomic mass is 32.5. The highest BCUT2D eigenvalue weighted by molar-refractivity contribution is 8.45. The minimum absolute atomic E-state index is 0.0302. The Morgan fingerprint density at radius 2 is 1.65 bits per heavy atom. The molecule has 3 rings (SSSR count). The minimum Gasteiger partial charge on any atom is -0.357 e. The van der Waals surface area contributed by atoms with E-state index in [1.165, 1.54) is 10.9 Å². The first kappa shape index (κ1) is 15.2. The van der Waals surface area contributed by atoms with Gasteiger partial charge in [-0.2, -0.15) is 4.68 Å². The highest BCUT2D eigenvalue weighted by Gasteiger charge is 2.65. The monoisotopic (exact) mass is 346 g/mol. The van der Waals surface area contributed by atoms with E-state index in [-0.39, 0.29) is 17.0 Å². The van der Waals surface area contributed by atoms with Gasteiger partial charge in [0.1, 0.15) is 15.9 Å². The number of fused-ring (bicyclic) bond motifs is 1. The fraction of sp³-hybridized carbons (Fsp3) is 0. The molecule has 0 unspecified atom stereocenters. The Bertz CT molecular complexity index is 955. The molecule has 0 fully saturated rings. The lowest BCUT2D eigenvalue weighted by Gasteiger charge is -2.40. The molecule has 2 aromatic heterocycles. The first-order valence-electron chi connectivity index (χ1n) is 6.05. The molecule has 0 aliphatic rings. The van der Waals surface area contributed by atoms with Crippen LogP contribution in [0, 0.1) is 6.57 Å². The third-order valence-electron chi connectivity index (χ3n) is 3.05. The summed E-state index contributed by atoms with van der Waals surface area (Å²) in [5.41, 5.74) is 0.779. The summed E-state index contributed by atoms with van der Waals surface area (Å²) in [5.74, 6) is -0.0302. The summed E-state index contributed by atoms with van der Waals surface area (Å²) in [6, 6.07) is 5.50. The van der Waals surface area contributed by atoms with Gasteiger partial charge < -0.3 is 4.85 Å². The molecular weight excluding hydrogens is 339 g/mol. The average molecular weight is 346 g/mol. The van der Waals surface area contributed by atoms with Crippen LogP contribution >= 0.6 is 10.2 Å². The van der Waals surface area contributed by atoms with E-state index >= 15 is 0 Å². The van der Waals surface area contributed by atoms with E-state index in [9.17, 15) is 19.4 Å². The Balaban J connectivity index is 2.17. The van der Waals surface area contributed by atoms with Gasteiger partial charge in [0, 0.05) is 6.20 Å². The molecule has 3 aromatic rings. The number of benzene rings is 1. The van der Waals surface area contributed by atoms with Gasteiger partial charge in [0.15, 0.2) is 0 Å². The quantitative estimate of drug-likeness (QED) is 0.445. The van der Waals surface area contributed by atoms with Crippen molar-refractivity contribution in [3.63, 3.8) is 0 Å². The van der Waals surface area contributed by atoms with Crippen molar-refractivity contribution in [2.45, 2.75) is 4.90 Å². The van der Waals surface area contributed by atoms with Crippen molar-refractivity contribution in [1.29, 1.82) is 0 Å². The molecule has 2 heterocycles. The van der Waals surface area contributed by atoms with Crippen LogP contribution in [0.2, 0.25) is 0 Å². The van der Waals surface area contributed by atoms with Crippen LogP contribution in [0.25, 0.3) is 21.6 Å². The summed E-state index contributed by atoms with van der Waals surface area (Å²) in [6.45, 7) is 7.03. The van der Waals surface area contributed by atoms with Crippen molar-refractivity contribution in [2.24, 2.45) is 0 Å². The lowest BCUT2D eigenvalue weighted by atomic mass is 10.3. The van der Waals surface area contributed by atoms with Crippen molar-refractivity contribution >= 4 is 27.1 Å². The number of aromatic nitrogens is 3. The summed E-state index contributed by atoms with van der Waals surface area (Å²) in [7, 11) is -9.71. The molecule has 0 radical (unpaired) electrons. The van der Waals surface area contributed by atoms with Crippen LogP contribution in [-0.4, -0.2) is 14.8 Å². The molecule has 0 saturated heterocycles. The second-order valence-electron chi connectivity index (χ2n) is 4.68. The number of hydrogen-bond donors (Lipinski definition) is 0. The molecule has 0 N–H and O–H groups in total. The van der Waals surface area contributed by atoms with Crippen LogP contribution in [0.3, 0.4) is 0 Å². The number of pyridine rings is 1. The van der Waals surface area contributed by atoms with Gasteiger partial charge in [0.2, 0.25) is 0 Å². The zero-order valence-electron chi connectivity index (χ0n) is 11.1. The zero-order valence-corrected chi connectivity index (χ0v) is 11.9. The van der Waals surface area contributed by atoms with E-state index in [1.807, 2.05) is 0 Å². The Morgan fingerprint density at radius 1 is 1.00 bits per heavy atom. The summed E-state index contributed by atoms with van der Waals surface area (Å²) in [6.07, 6.45) is 1.44. The topological polar surface area (TPSA) is 35.1 Å². The van der Waals surface area contributed by atoms with Gasteiger partial charge in [-0.15, -0.1) is 0 Å². The van der Waals surface area contributed by atoms with Crippen LogP contribution in [0.4, 0.5) is 25.2 Å². The maximum atomic E-state index is 12.7. The lowest BCUT2D eigenvalue weighted by Crippen LogP contribution is -2.06. The maximum absolute atomic E-state index is 12.7. The first-order chi connectivity index (χ1) is 10.5. The van der Waals surface area contributed by atoms with Crippen LogP contribution in [0.5, 0.6) is 0 Å². The first-order valence-corrected chi connectivity index (χ1v) is 8.00. The van der Waals surface area contributed by atoms with E-state index in [1.54, 1.807) is 12.1 Å². The SMILES string of the molecule is [C-]#[N+]c1nn(-c2ccc(S(F)(F)(F)(F)F)cc2)c2cccnc12. The van der Waals surface area contributed by atoms with Crippen molar-refractivity contribution in [3.8, 4) is 5.69 Å². The van der Waals surface area contributed by atoms with Crippen molar-refractivity contribution in [1.82, 2.24) is 14.8 Å². The molecule has 10 heteroatoms. The number of hydrogen-bond acceptors (Lipinski definition) is 2. The Labute approximate surface area is 126 Å². The van der Waals surface area contributed by atoms with Crippen molar-refractivity contribution < 1.29 is 19.4 Å². The summed E-state index contributed by atoms with van der Waals surface area (Å²) >= 11 is 0. The fourth-order valence-electron chi connectivity index (χ4n) is 2.05. The molecule has 0 aliphatic carbocycles. The number of nitrogens with zero attached hydrogens (tertiary/aromatic N) is 4. The second kappa shape index (κ2) is 3.99. The van der Waals surface area contributed by atoms with Crippen molar-refractivity contribution in [2.75, 3.05) is 0 Å². The van der Waals surface area contributed by atoms with E-state index in [0.717, 1.165) is 12.1 Å². The van der Waals surface area contributed by atoms with E-state index in [0.29, 0.717) is 17.6 Å². The predicted molar refractivity (Wildman–Crippen MR) is 76.5 cm³/mol. The second-order valence-corrected chi connectivity index (χ2v) is 7.09. The summed E-state index contributed by atoms with van der Waals surface area (Å²) in [4.78, 5) is 5.19. The van der Waals surface area contributed by atoms with E-state index < -0.39 is 15.1 Å². The molecule has 1 aromatic carbocycles. The van der Waals surface area contributed by atoms with Crippen LogP contribution < -0.4 is 0 Å². The predicted octanol–water partition coefficient (Wildman–Crippen LogP) is 5.63. The van der Waals surface area contributed by atoms with Gasteiger partial charge in [0.05, 0.1) is 5.69 Å². The zero-order chi connectivity index (χ0) is 16.9. The third kappa shape index (κ3) is 2.70. The molecule has 23 heavy (non-hydrogen) atoms. The number of halogens is 5. The molecule has 120 valence electrons. The standard InChI is InChI=1S/C13H7F5N4S/c1-19-13-12-11(3-2-8-20-12)22(21-13)9-4-6-10(7-5-9)23(14,15,16,17)18/h2-8H. The largest absolute Gasteiger partial charge is 0.357 e. The van der Waals surface area contributed by atoms with Gasteiger partial charge in [-0.1, -0.05) is 26.0 Å². The number of rotatable bonds is 2. The summed E-state index contributed by atoms with van der Waals surface area (Å²) < 4.78 is 64.8. The summed E-state index contributed by atoms with van der Waals surface area (Å²) in [5, 5.41) is 3.95. The fourth-order valence-corrected chi connectivity index (χ4v) is 2.70. The molecule has 0 saturated carbocycles. The Kier molecular flexibility index (Phi) is 2.64. The smallest absolute Gasteiger partial charge is 0.322 e. The molecule has 0 atom stereocenters. The van der Waals surface area contributed by atoms with Gasteiger partial charge in [-0.05, 0) is 41.5 Å². The van der Waals surface area contributed by atoms with Gasteiger partial charge in [0.25, 0.3) is 0 Å². The highest BCUT2D eigenvalue weighted by Crippen LogP contribution is 3.02. The van der Waals surface area contributed by atoms with E-state index in [4.69, 9.17) is 6.57 Å². The van der Waals surface area contributed by atoms with Crippen LogP contribution in [-0.2, 0) is 0 Å². The minimum atomic E-state index is -9.71. The molecule has 0 amide bonds. The average Bonchev–Trinajstić information content (AvgIpc) is 2.84. The molecule has 0 bridgehead atoms. The Hall–Kier alpha value is -2.67. The molecular formula is C13H7F5N4S. The lowest BCUT2D eigenvalue weighted by molar-refractivity contribution is 0.364.